The van der Waals surface area contributed by atoms with Gasteiger partial charge in [-0.25, -0.2) is 0 Å². The van der Waals surface area contributed by atoms with Crippen molar-refractivity contribution in [1.29, 1.82) is 0 Å². The maximum atomic E-state index is 12.6. The van der Waals surface area contributed by atoms with E-state index in [0.29, 0.717) is 0 Å². The number of benzene rings is 2. The van der Waals surface area contributed by atoms with Crippen molar-refractivity contribution in [1.82, 2.24) is 10.9 Å². The van der Waals surface area contributed by atoms with Gasteiger partial charge in [-0.05, 0) is 36.4 Å². The Morgan fingerprint density at radius 2 is 1.42 bits per heavy atom. The van der Waals surface area contributed by atoms with Crippen LogP contribution in [0.4, 0.5) is 37.7 Å². The van der Waals surface area contributed by atoms with E-state index in [1.165, 1.54) is 29.7 Å². The molecule has 0 aliphatic carbocycles. The van der Waals surface area contributed by atoms with Gasteiger partial charge in [-0.3, -0.25) is 20.4 Å². The molecule has 0 saturated carbocycles. The molecule has 0 fully saturated rings. The van der Waals surface area contributed by atoms with Crippen LogP contribution in [0.15, 0.2) is 48.5 Å². The van der Waals surface area contributed by atoms with Gasteiger partial charge in [0.05, 0.1) is 16.8 Å². The van der Waals surface area contributed by atoms with E-state index in [4.69, 9.17) is 5.11 Å². The summed E-state index contributed by atoms with van der Waals surface area (Å²) in [6.45, 7) is 4.00. The van der Waals surface area contributed by atoms with Crippen LogP contribution in [0.25, 0.3) is 0 Å². The summed E-state index contributed by atoms with van der Waals surface area (Å²) >= 11 is 0. The second kappa shape index (κ2) is 10.7. The number of aliphatic hydroxyl groups excluding tert-OH is 1. The summed E-state index contributed by atoms with van der Waals surface area (Å²) in [4.78, 5) is 23.4. The summed E-state index contributed by atoms with van der Waals surface area (Å²) in [6.07, 6.45) is -13.1. The molecule has 31 heavy (non-hydrogen) atoms. The van der Waals surface area contributed by atoms with Gasteiger partial charge in [0, 0.05) is 5.69 Å². The highest BCUT2D eigenvalue weighted by Crippen LogP contribution is 2.30. The fourth-order valence-electron chi connectivity index (χ4n) is 2.09. The number of amides is 2. The first kappa shape index (κ1) is 25.8. The highest BCUT2D eigenvalue weighted by Gasteiger charge is 2.43. The molecule has 1 atom stereocenters. The summed E-state index contributed by atoms with van der Waals surface area (Å²) < 4.78 is 74.6. The summed E-state index contributed by atoms with van der Waals surface area (Å²) in [5.41, 5.74) is 2.47. The van der Waals surface area contributed by atoms with Crippen LogP contribution >= 0.6 is 0 Å². The van der Waals surface area contributed by atoms with Crippen molar-refractivity contribution in [2.45, 2.75) is 32.3 Å². The zero-order valence-corrected chi connectivity index (χ0v) is 16.2. The molecule has 0 aliphatic rings. The Kier molecular flexibility index (Phi) is 8.86. The number of aliphatic hydroxyl groups is 1. The van der Waals surface area contributed by atoms with Crippen molar-refractivity contribution in [3.8, 4) is 0 Å². The molecular formula is C19H19F6N3O3. The van der Waals surface area contributed by atoms with Crippen molar-refractivity contribution in [2.24, 2.45) is 0 Å². The fraction of sp³-hybridized carbons (Fsp3) is 0.263. The number of para-hydroxylation sites is 1. The van der Waals surface area contributed by atoms with E-state index < -0.39 is 35.8 Å². The van der Waals surface area contributed by atoms with E-state index in [1.807, 2.05) is 13.8 Å². The van der Waals surface area contributed by atoms with E-state index in [0.717, 1.165) is 24.3 Å². The predicted octanol–water partition coefficient (Wildman–Crippen LogP) is 4.16. The van der Waals surface area contributed by atoms with Crippen LogP contribution in [0, 0.1) is 0 Å². The van der Waals surface area contributed by atoms with Gasteiger partial charge in [-0.15, -0.1) is 0 Å². The van der Waals surface area contributed by atoms with Crippen LogP contribution in [-0.4, -0.2) is 29.2 Å². The van der Waals surface area contributed by atoms with Crippen LogP contribution in [0.5, 0.6) is 0 Å². The number of rotatable bonds is 4. The van der Waals surface area contributed by atoms with Gasteiger partial charge in [-0.1, -0.05) is 26.0 Å². The van der Waals surface area contributed by atoms with Gasteiger partial charge >= 0.3 is 12.4 Å². The molecule has 12 heteroatoms. The molecule has 4 N–H and O–H groups in total. The maximum Gasteiger partial charge on any atom is 0.423 e. The molecule has 0 saturated heterocycles. The largest absolute Gasteiger partial charge is 0.423 e. The Bertz CT molecular complexity index is 883. The lowest BCUT2D eigenvalue weighted by atomic mass is 10.1. The smallest absolute Gasteiger partial charge is 0.376 e. The number of alkyl halides is 6. The Hall–Kier alpha value is -3.28. The molecule has 1 unspecified atom stereocenters. The molecule has 6 nitrogen and oxygen atoms in total. The van der Waals surface area contributed by atoms with E-state index in [1.54, 1.807) is 5.43 Å². The first-order valence-electron chi connectivity index (χ1n) is 8.78. The lowest BCUT2D eigenvalue weighted by Gasteiger charge is -2.16. The number of hydrazine groups is 1. The zero-order valence-electron chi connectivity index (χ0n) is 16.2. The average molecular weight is 451 g/mol. The molecular weight excluding hydrogens is 432 g/mol. The average Bonchev–Trinajstić information content (AvgIpc) is 2.72. The minimum absolute atomic E-state index is 0.107. The minimum atomic E-state index is -5.21. The normalized spacial score (nSPS) is 12.2. The third kappa shape index (κ3) is 7.48. The molecule has 0 spiro atoms. The molecule has 2 amide bonds. The van der Waals surface area contributed by atoms with Crippen LogP contribution in [0.1, 0.15) is 29.8 Å². The number of anilines is 2. The number of hydrogen-bond acceptors (Lipinski definition) is 4. The minimum Gasteiger partial charge on any atom is -0.376 e. The SMILES string of the molecule is CC.O=C(NNC(=O)C(O)C(F)(F)F)c1ccccc1Nc1ccc(C(F)(F)F)cc1. The Morgan fingerprint density at radius 1 is 0.871 bits per heavy atom. The quantitative estimate of drug-likeness (QED) is 0.415. The molecule has 0 radical (unpaired) electrons. The van der Waals surface area contributed by atoms with E-state index >= 15 is 0 Å². The summed E-state index contributed by atoms with van der Waals surface area (Å²) in [5.74, 6) is -2.92. The third-order valence-corrected chi connectivity index (χ3v) is 3.52. The molecule has 2 aromatic carbocycles. The molecule has 2 aromatic rings. The van der Waals surface area contributed by atoms with Crippen LogP contribution in [0.3, 0.4) is 0 Å². The van der Waals surface area contributed by atoms with Gasteiger partial charge in [0.2, 0.25) is 6.10 Å². The highest BCUT2D eigenvalue weighted by molar-refractivity contribution is 6.01. The monoisotopic (exact) mass is 451 g/mol. The second-order valence-electron chi connectivity index (χ2n) is 5.63. The van der Waals surface area contributed by atoms with Gasteiger partial charge < -0.3 is 10.4 Å². The van der Waals surface area contributed by atoms with Gasteiger partial charge in [0.25, 0.3) is 11.8 Å². The maximum absolute atomic E-state index is 12.6. The van der Waals surface area contributed by atoms with Crippen molar-refractivity contribution >= 4 is 23.2 Å². The van der Waals surface area contributed by atoms with Gasteiger partial charge in [-0.2, -0.15) is 26.3 Å². The number of hydrogen-bond donors (Lipinski definition) is 4. The lowest BCUT2D eigenvalue weighted by Crippen LogP contribution is -2.51. The Labute approximate surface area is 173 Å². The second-order valence-corrected chi connectivity index (χ2v) is 5.63. The topological polar surface area (TPSA) is 90.5 Å². The summed E-state index contributed by atoms with van der Waals surface area (Å²) in [6, 6.07) is 9.45. The van der Waals surface area contributed by atoms with E-state index in [-0.39, 0.29) is 16.9 Å². The zero-order chi connectivity index (χ0) is 23.8. The fourth-order valence-corrected chi connectivity index (χ4v) is 2.09. The van der Waals surface area contributed by atoms with E-state index in [2.05, 4.69) is 5.32 Å². The number of nitrogens with one attached hydrogen (secondary N) is 3. The number of halogens is 6. The Morgan fingerprint density at radius 3 is 1.94 bits per heavy atom. The molecule has 0 heterocycles. The van der Waals surface area contributed by atoms with Gasteiger partial charge in [0.1, 0.15) is 0 Å². The number of carbonyl (C=O) groups excluding carboxylic acids is 2. The lowest BCUT2D eigenvalue weighted by molar-refractivity contribution is -0.205. The summed E-state index contributed by atoms with van der Waals surface area (Å²) in [5, 5.41) is 11.5. The predicted molar refractivity (Wildman–Crippen MR) is 100 cm³/mol. The van der Waals surface area contributed by atoms with Crippen molar-refractivity contribution in [3.63, 3.8) is 0 Å². The standard InChI is InChI=1S/C17H13F6N3O3.C2H6/c18-16(19,20)9-5-7-10(8-6-9)24-12-4-2-1-3-11(12)14(28)25-26-15(29)13(27)17(21,22)23;1-2/h1-8,13,24,27H,(H,25,28)(H,26,29);1-2H3. The molecule has 170 valence electrons. The first-order valence-corrected chi connectivity index (χ1v) is 8.78. The molecule has 0 bridgehead atoms. The van der Waals surface area contributed by atoms with Gasteiger partial charge in [0.15, 0.2) is 0 Å². The van der Waals surface area contributed by atoms with Crippen molar-refractivity contribution in [2.75, 3.05) is 5.32 Å². The summed E-state index contributed by atoms with van der Waals surface area (Å²) in [7, 11) is 0. The first-order chi connectivity index (χ1) is 14.4. The molecule has 0 aromatic heterocycles. The van der Waals surface area contributed by atoms with E-state index in [9.17, 15) is 35.9 Å². The molecule has 2 rings (SSSR count). The van der Waals surface area contributed by atoms with Crippen LogP contribution in [0.2, 0.25) is 0 Å². The van der Waals surface area contributed by atoms with Crippen molar-refractivity contribution < 1.29 is 41.0 Å². The van der Waals surface area contributed by atoms with Crippen LogP contribution < -0.4 is 16.2 Å². The Balaban J connectivity index is 0.00000233. The highest BCUT2D eigenvalue weighted by atomic mass is 19.4. The number of carbonyl (C=O) groups is 2. The third-order valence-electron chi connectivity index (χ3n) is 3.52. The van der Waals surface area contributed by atoms with Crippen LogP contribution in [-0.2, 0) is 11.0 Å². The van der Waals surface area contributed by atoms with Crippen molar-refractivity contribution in [3.05, 3.63) is 59.7 Å². The molecule has 0 aliphatic heterocycles.